The van der Waals surface area contributed by atoms with Crippen molar-refractivity contribution in [1.82, 2.24) is 20.1 Å². The number of aromatic nitrogens is 3. The molecule has 3 rings (SSSR count). The molecule has 1 aliphatic carbocycles. The molecule has 1 atom stereocenters. The molecule has 0 saturated heterocycles. The Morgan fingerprint density at radius 3 is 2.61 bits per heavy atom. The van der Waals surface area contributed by atoms with Gasteiger partial charge in [0.2, 0.25) is 11.8 Å². The highest BCUT2D eigenvalue weighted by Gasteiger charge is 2.23. The fourth-order valence-electron chi connectivity index (χ4n) is 3.08. The number of halogens is 1. The van der Waals surface area contributed by atoms with Crippen LogP contribution in [-0.4, -0.2) is 37.9 Å². The maximum absolute atomic E-state index is 12.9. The lowest BCUT2D eigenvalue weighted by molar-refractivity contribution is -0.121. The predicted octanol–water partition coefficient (Wildman–Crippen LogP) is 2.67. The van der Waals surface area contributed by atoms with Crippen LogP contribution in [0, 0.1) is 5.82 Å². The van der Waals surface area contributed by atoms with Gasteiger partial charge in [0.25, 0.3) is 0 Å². The zero-order chi connectivity index (χ0) is 20.1. The molecule has 1 fully saturated rings. The number of rotatable bonds is 7. The summed E-state index contributed by atoms with van der Waals surface area (Å²) >= 11 is 1.32. The molecular formula is C19H24FN5O2S. The van der Waals surface area contributed by atoms with Crippen molar-refractivity contribution in [3.8, 4) is 0 Å². The van der Waals surface area contributed by atoms with E-state index in [0.717, 1.165) is 12.8 Å². The molecule has 0 bridgehead atoms. The summed E-state index contributed by atoms with van der Waals surface area (Å²) in [5.41, 5.74) is 0.514. The van der Waals surface area contributed by atoms with Gasteiger partial charge in [-0.3, -0.25) is 9.59 Å². The first-order valence-electron chi connectivity index (χ1n) is 9.33. The highest BCUT2D eigenvalue weighted by molar-refractivity contribution is 8.00. The molecule has 2 N–H and O–H groups in total. The van der Waals surface area contributed by atoms with Gasteiger partial charge in [-0.1, -0.05) is 24.6 Å². The number of benzene rings is 1. The van der Waals surface area contributed by atoms with Crippen LogP contribution in [0.25, 0.3) is 0 Å². The number of nitrogens with zero attached hydrogens (tertiary/aromatic N) is 3. The Morgan fingerprint density at radius 1 is 1.25 bits per heavy atom. The molecule has 0 aliphatic heterocycles. The van der Waals surface area contributed by atoms with E-state index in [0.29, 0.717) is 16.7 Å². The SMILES string of the molecule is C[C@H](Sc1nnc(CC(=O)Nc2ccc(F)cc2)n1C)C(=O)NC1CCCC1. The van der Waals surface area contributed by atoms with Gasteiger partial charge < -0.3 is 15.2 Å². The summed E-state index contributed by atoms with van der Waals surface area (Å²) in [4.78, 5) is 24.5. The van der Waals surface area contributed by atoms with Crippen molar-refractivity contribution in [2.24, 2.45) is 7.05 Å². The Kier molecular flexibility index (Phi) is 6.66. The van der Waals surface area contributed by atoms with Crippen LogP contribution < -0.4 is 10.6 Å². The summed E-state index contributed by atoms with van der Waals surface area (Å²) in [6.45, 7) is 1.84. The van der Waals surface area contributed by atoms with Gasteiger partial charge >= 0.3 is 0 Å². The average molecular weight is 405 g/mol. The molecule has 1 aromatic carbocycles. The fourth-order valence-corrected chi connectivity index (χ4v) is 3.93. The Bertz CT molecular complexity index is 833. The molecular weight excluding hydrogens is 381 g/mol. The molecule has 1 saturated carbocycles. The van der Waals surface area contributed by atoms with E-state index in [9.17, 15) is 14.0 Å². The molecule has 0 radical (unpaired) electrons. The number of carbonyl (C=O) groups is 2. The van der Waals surface area contributed by atoms with Gasteiger partial charge in [-0.25, -0.2) is 4.39 Å². The first-order valence-corrected chi connectivity index (χ1v) is 10.2. The molecule has 2 aromatic rings. The fraction of sp³-hybridized carbons (Fsp3) is 0.474. The van der Waals surface area contributed by atoms with Gasteiger partial charge in [0.1, 0.15) is 11.6 Å². The summed E-state index contributed by atoms with van der Waals surface area (Å²) in [5.74, 6) is -0.147. The van der Waals surface area contributed by atoms with E-state index in [4.69, 9.17) is 0 Å². The van der Waals surface area contributed by atoms with E-state index in [1.54, 1.807) is 11.6 Å². The monoisotopic (exact) mass is 405 g/mol. The van der Waals surface area contributed by atoms with Gasteiger partial charge in [-0.05, 0) is 44.0 Å². The van der Waals surface area contributed by atoms with E-state index < -0.39 is 0 Å². The van der Waals surface area contributed by atoms with Crippen molar-refractivity contribution < 1.29 is 14.0 Å². The normalized spacial score (nSPS) is 15.4. The number of carbonyl (C=O) groups excluding carboxylic acids is 2. The van der Waals surface area contributed by atoms with Crippen LogP contribution in [0.4, 0.5) is 10.1 Å². The van der Waals surface area contributed by atoms with Crippen molar-refractivity contribution in [3.05, 3.63) is 35.9 Å². The quantitative estimate of drug-likeness (QED) is 0.692. The molecule has 0 spiro atoms. The molecule has 150 valence electrons. The summed E-state index contributed by atoms with van der Waals surface area (Å²) in [7, 11) is 1.77. The number of hydrogen-bond acceptors (Lipinski definition) is 5. The average Bonchev–Trinajstić information content (AvgIpc) is 3.29. The lowest BCUT2D eigenvalue weighted by atomic mass is 10.2. The Balaban J connectivity index is 1.54. The molecule has 7 nitrogen and oxygen atoms in total. The second kappa shape index (κ2) is 9.18. The smallest absolute Gasteiger partial charge is 0.233 e. The highest BCUT2D eigenvalue weighted by atomic mass is 32.2. The van der Waals surface area contributed by atoms with Crippen molar-refractivity contribution in [2.45, 2.75) is 55.5 Å². The Labute approximate surface area is 167 Å². The number of hydrogen-bond donors (Lipinski definition) is 2. The van der Waals surface area contributed by atoms with E-state index in [-0.39, 0.29) is 35.3 Å². The third-order valence-electron chi connectivity index (χ3n) is 4.72. The molecule has 0 unspecified atom stereocenters. The second-order valence-corrected chi connectivity index (χ2v) is 8.25. The standard InChI is InChI=1S/C19H24FN5O2S/c1-12(18(27)22-14-5-3-4-6-14)28-19-24-23-16(25(19)2)11-17(26)21-15-9-7-13(20)8-10-15/h7-10,12,14H,3-6,11H2,1-2H3,(H,21,26)(H,22,27)/t12-/m0/s1. The van der Waals surface area contributed by atoms with Gasteiger partial charge in [0.15, 0.2) is 5.16 Å². The Morgan fingerprint density at radius 2 is 1.93 bits per heavy atom. The summed E-state index contributed by atoms with van der Waals surface area (Å²) in [6, 6.07) is 5.84. The van der Waals surface area contributed by atoms with Crippen LogP contribution >= 0.6 is 11.8 Å². The minimum absolute atomic E-state index is 0.00416. The van der Waals surface area contributed by atoms with Gasteiger partial charge in [0, 0.05) is 18.8 Å². The minimum Gasteiger partial charge on any atom is -0.352 e. The first kappa shape index (κ1) is 20.3. The number of thioether (sulfide) groups is 1. The zero-order valence-electron chi connectivity index (χ0n) is 15.9. The second-order valence-electron chi connectivity index (χ2n) is 6.94. The van der Waals surface area contributed by atoms with E-state index >= 15 is 0 Å². The zero-order valence-corrected chi connectivity index (χ0v) is 16.8. The topological polar surface area (TPSA) is 88.9 Å². The molecule has 28 heavy (non-hydrogen) atoms. The van der Waals surface area contributed by atoms with Crippen LogP contribution in [0.5, 0.6) is 0 Å². The van der Waals surface area contributed by atoms with Crippen molar-refractivity contribution in [1.29, 1.82) is 0 Å². The molecule has 1 heterocycles. The molecule has 9 heteroatoms. The maximum atomic E-state index is 12.9. The summed E-state index contributed by atoms with van der Waals surface area (Å²) < 4.78 is 14.7. The number of amides is 2. The van der Waals surface area contributed by atoms with E-state index in [1.807, 2.05) is 6.92 Å². The third-order valence-corrected chi connectivity index (χ3v) is 5.86. The van der Waals surface area contributed by atoms with Gasteiger partial charge in [-0.2, -0.15) is 0 Å². The van der Waals surface area contributed by atoms with Gasteiger partial charge in [0.05, 0.1) is 11.7 Å². The van der Waals surface area contributed by atoms with Crippen LogP contribution in [-0.2, 0) is 23.1 Å². The van der Waals surface area contributed by atoms with Crippen molar-refractivity contribution >= 4 is 29.3 Å². The van der Waals surface area contributed by atoms with Crippen LogP contribution in [0.2, 0.25) is 0 Å². The third kappa shape index (κ3) is 5.31. The van der Waals surface area contributed by atoms with E-state index in [2.05, 4.69) is 20.8 Å². The Hall–Kier alpha value is -2.42. The molecule has 2 amide bonds. The summed E-state index contributed by atoms with van der Waals surface area (Å²) in [6.07, 6.45) is 4.45. The van der Waals surface area contributed by atoms with Crippen LogP contribution in [0.3, 0.4) is 0 Å². The maximum Gasteiger partial charge on any atom is 0.233 e. The number of nitrogens with one attached hydrogen (secondary N) is 2. The van der Waals surface area contributed by atoms with Gasteiger partial charge in [-0.15, -0.1) is 10.2 Å². The highest BCUT2D eigenvalue weighted by Crippen LogP contribution is 2.23. The van der Waals surface area contributed by atoms with E-state index in [1.165, 1.54) is 48.9 Å². The summed E-state index contributed by atoms with van der Waals surface area (Å²) in [5, 5.41) is 14.2. The minimum atomic E-state index is -0.362. The predicted molar refractivity (Wildman–Crippen MR) is 105 cm³/mol. The molecule has 1 aromatic heterocycles. The first-order chi connectivity index (χ1) is 13.4. The van der Waals surface area contributed by atoms with Crippen molar-refractivity contribution in [2.75, 3.05) is 5.32 Å². The number of anilines is 1. The van der Waals surface area contributed by atoms with Crippen LogP contribution in [0.1, 0.15) is 38.4 Å². The lowest BCUT2D eigenvalue weighted by Gasteiger charge is -2.16. The molecule has 1 aliphatic rings. The van der Waals surface area contributed by atoms with Crippen LogP contribution in [0.15, 0.2) is 29.4 Å². The van der Waals surface area contributed by atoms with Crippen molar-refractivity contribution in [3.63, 3.8) is 0 Å². The largest absolute Gasteiger partial charge is 0.352 e. The lowest BCUT2D eigenvalue weighted by Crippen LogP contribution is -2.37.